The Hall–Kier alpha value is -1.55. The molecule has 0 heterocycles. The van der Waals surface area contributed by atoms with Crippen molar-refractivity contribution in [3.63, 3.8) is 0 Å². The lowest BCUT2D eigenvalue weighted by molar-refractivity contribution is -0.142. The first-order valence-corrected chi connectivity index (χ1v) is 6.57. The van der Waals surface area contributed by atoms with Crippen LogP contribution in [0, 0.1) is 11.8 Å². The highest BCUT2D eigenvalue weighted by atomic mass is 16.5. The number of ether oxygens (including phenoxy) is 1. The number of nitrogens with two attached hydrogens (primary N) is 1. The zero-order valence-corrected chi connectivity index (χ0v) is 11.8. The standard InChI is InChI=1S/C15H23NO3/c1-10(8-12(9-16)15(17)18)11(2)13-6-4-5-7-14(13)19-3/h4-7,10-12H,8-9,16H2,1-3H3,(H,17,18). The predicted molar refractivity (Wildman–Crippen MR) is 75.4 cm³/mol. The molecule has 1 aromatic carbocycles. The maximum Gasteiger partial charge on any atom is 0.307 e. The number of methoxy groups -OCH3 is 1. The molecule has 0 aliphatic carbocycles. The summed E-state index contributed by atoms with van der Waals surface area (Å²) in [6.45, 7) is 4.33. The second-order valence-corrected chi connectivity index (χ2v) is 5.01. The van der Waals surface area contributed by atoms with Crippen LogP contribution >= 0.6 is 0 Å². The Kier molecular flexibility index (Phi) is 5.83. The Balaban J connectivity index is 2.81. The Bertz CT molecular complexity index is 420. The molecule has 0 fully saturated rings. The molecule has 0 amide bonds. The fraction of sp³-hybridized carbons (Fsp3) is 0.533. The molecule has 0 saturated carbocycles. The second-order valence-electron chi connectivity index (χ2n) is 5.01. The summed E-state index contributed by atoms with van der Waals surface area (Å²) in [6.07, 6.45) is 0.574. The summed E-state index contributed by atoms with van der Waals surface area (Å²) in [7, 11) is 1.65. The van der Waals surface area contributed by atoms with Crippen molar-refractivity contribution in [3.8, 4) is 5.75 Å². The van der Waals surface area contributed by atoms with Gasteiger partial charge in [0.05, 0.1) is 13.0 Å². The van der Waals surface area contributed by atoms with Crippen molar-refractivity contribution in [1.82, 2.24) is 0 Å². The van der Waals surface area contributed by atoms with E-state index in [-0.39, 0.29) is 18.4 Å². The van der Waals surface area contributed by atoms with Gasteiger partial charge in [0.25, 0.3) is 0 Å². The van der Waals surface area contributed by atoms with Crippen LogP contribution in [0.2, 0.25) is 0 Å². The van der Waals surface area contributed by atoms with E-state index in [2.05, 4.69) is 13.8 Å². The molecule has 0 aromatic heterocycles. The summed E-state index contributed by atoms with van der Waals surface area (Å²) in [5.41, 5.74) is 6.62. The number of carboxylic acids is 1. The number of para-hydroxylation sites is 1. The van der Waals surface area contributed by atoms with Crippen LogP contribution in [0.5, 0.6) is 5.75 Å². The molecule has 106 valence electrons. The number of hydrogen-bond donors (Lipinski definition) is 2. The molecule has 19 heavy (non-hydrogen) atoms. The summed E-state index contributed by atoms with van der Waals surface area (Å²) >= 11 is 0. The van der Waals surface area contributed by atoms with E-state index in [9.17, 15) is 4.79 Å². The zero-order chi connectivity index (χ0) is 14.4. The van der Waals surface area contributed by atoms with E-state index >= 15 is 0 Å². The van der Waals surface area contributed by atoms with Gasteiger partial charge in [0.1, 0.15) is 5.75 Å². The largest absolute Gasteiger partial charge is 0.496 e. The van der Waals surface area contributed by atoms with Gasteiger partial charge in [-0.05, 0) is 29.9 Å². The monoisotopic (exact) mass is 265 g/mol. The summed E-state index contributed by atoms with van der Waals surface area (Å²) in [6, 6.07) is 7.85. The van der Waals surface area contributed by atoms with Crippen LogP contribution in [0.15, 0.2) is 24.3 Å². The van der Waals surface area contributed by atoms with Gasteiger partial charge in [0.15, 0.2) is 0 Å². The number of carboxylic acid groups (broad SMARTS) is 1. The van der Waals surface area contributed by atoms with Crippen molar-refractivity contribution in [1.29, 1.82) is 0 Å². The number of aliphatic carboxylic acids is 1. The Morgan fingerprint density at radius 2 is 2.00 bits per heavy atom. The van der Waals surface area contributed by atoms with Gasteiger partial charge < -0.3 is 15.6 Å². The fourth-order valence-corrected chi connectivity index (χ4v) is 2.30. The third-order valence-corrected chi connectivity index (χ3v) is 3.77. The molecule has 1 rings (SSSR count). The molecule has 4 nitrogen and oxygen atoms in total. The summed E-state index contributed by atoms with van der Waals surface area (Å²) in [4.78, 5) is 11.0. The predicted octanol–water partition coefficient (Wildman–Crippen LogP) is 2.48. The van der Waals surface area contributed by atoms with Gasteiger partial charge in [-0.15, -0.1) is 0 Å². The Labute approximate surface area is 114 Å². The molecule has 3 atom stereocenters. The van der Waals surface area contributed by atoms with E-state index in [4.69, 9.17) is 15.6 Å². The van der Waals surface area contributed by atoms with E-state index in [1.165, 1.54) is 0 Å². The first-order valence-electron chi connectivity index (χ1n) is 6.57. The molecule has 0 radical (unpaired) electrons. The van der Waals surface area contributed by atoms with E-state index in [1.807, 2.05) is 24.3 Å². The lowest BCUT2D eigenvalue weighted by atomic mass is 9.82. The van der Waals surface area contributed by atoms with Crippen molar-refractivity contribution in [2.45, 2.75) is 26.2 Å². The van der Waals surface area contributed by atoms with E-state index in [0.717, 1.165) is 11.3 Å². The number of benzene rings is 1. The van der Waals surface area contributed by atoms with Crippen LogP contribution in [0.3, 0.4) is 0 Å². The van der Waals surface area contributed by atoms with Gasteiger partial charge in [0.2, 0.25) is 0 Å². The minimum Gasteiger partial charge on any atom is -0.496 e. The van der Waals surface area contributed by atoms with Crippen LogP contribution in [0.4, 0.5) is 0 Å². The van der Waals surface area contributed by atoms with Crippen molar-refractivity contribution in [3.05, 3.63) is 29.8 Å². The van der Waals surface area contributed by atoms with Crippen molar-refractivity contribution < 1.29 is 14.6 Å². The second kappa shape index (κ2) is 7.14. The maximum atomic E-state index is 11.0. The number of rotatable bonds is 7. The highest BCUT2D eigenvalue weighted by molar-refractivity contribution is 5.70. The van der Waals surface area contributed by atoms with Crippen molar-refractivity contribution >= 4 is 5.97 Å². The lowest BCUT2D eigenvalue weighted by Crippen LogP contribution is -2.26. The number of hydrogen-bond acceptors (Lipinski definition) is 3. The van der Waals surface area contributed by atoms with Gasteiger partial charge in [-0.25, -0.2) is 0 Å². The van der Waals surface area contributed by atoms with Crippen LogP contribution in [0.25, 0.3) is 0 Å². The molecule has 1 aromatic rings. The summed E-state index contributed by atoms with van der Waals surface area (Å²) < 4.78 is 5.35. The highest BCUT2D eigenvalue weighted by Gasteiger charge is 2.24. The normalized spacial score (nSPS) is 15.6. The molecule has 4 heteroatoms. The molecule has 0 bridgehead atoms. The van der Waals surface area contributed by atoms with Crippen LogP contribution in [-0.4, -0.2) is 24.7 Å². The molecular weight excluding hydrogens is 242 g/mol. The topological polar surface area (TPSA) is 72.5 Å². The maximum absolute atomic E-state index is 11.0. The quantitative estimate of drug-likeness (QED) is 0.794. The zero-order valence-electron chi connectivity index (χ0n) is 11.8. The third kappa shape index (κ3) is 3.96. The number of carbonyl (C=O) groups is 1. The molecule has 3 N–H and O–H groups in total. The average molecular weight is 265 g/mol. The Morgan fingerprint density at radius 1 is 1.37 bits per heavy atom. The minimum absolute atomic E-state index is 0.179. The van der Waals surface area contributed by atoms with Gasteiger partial charge in [0, 0.05) is 6.54 Å². The Morgan fingerprint density at radius 3 is 2.53 bits per heavy atom. The van der Waals surface area contributed by atoms with Crippen LogP contribution < -0.4 is 10.5 Å². The van der Waals surface area contributed by atoms with Gasteiger partial charge in [-0.2, -0.15) is 0 Å². The first kappa shape index (κ1) is 15.5. The van der Waals surface area contributed by atoms with Gasteiger partial charge >= 0.3 is 5.97 Å². The smallest absolute Gasteiger partial charge is 0.307 e. The van der Waals surface area contributed by atoms with E-state index in [0.29, 0.717) is 6.42 Å². The molecule has 3 unspecified atom stereocenters. The third-order valence-electron chi connectivity index (χ3n) is 3.77. The van der Waals surface area contributed by atoms with Gasteiger partial charge in [-0.3, -0.25) is 4.79 Å². The van der Waals surface area contributed by atoms with Crippen LogP contribution in [-0.2, 0) is 4.79 Å². The summed E-state index contributed by atoms with van der Waals surface area (Å²) in [5, 5.41) is 9.07. The SMILES string of the molecule is COc1ccccc1C(C)C(C)CC(CN)C(=O)O. The lowest BCUT2D eigenvalue weighted by Gasteiger charge is -2.24. The van der Waals surface area contributed by atoms with E-state index in [1.54, 1.807) is 7.11 Å². The molecule has 0 aliphatic rings. The first-order chi connectivity index (χ1) is 9.01. The van der Waals surface area contributed by atoms with Crippen LogP contribution in [0.1, 0.15) is 31.7 Å². The fourth-order valence-electron chi connectivity index (χ4n) is 2.30. The molecule has 0 aliphatic heterocycles. The van der Waals surface area contributed by atoms with E-state index < -0.39 is 11.9 Å². The average Bonchev–Trinajstić information content (AvgIpc) is 2.43. The van der Waals surface area contributed by atoms with Crippen molar-refractivity contribution in [2.24, 2.45) is 17.6 Å². The molecule has 0 saturated heterocycles. The molecule has 0 spiro atoms. The van der Waals surface area contributed by atoms with Crippen molar-refractivity contribution in [2.75, 3.05) is 13.7 Å². The van der Waals surface area contributed by atoms with Gasteiger partial charge in [-0.1, -0.05) is 32.0 Å². The highest BCUT2D eigenvalue weighted by Crippen LogP contribution is 2.34. The molecular formula is C15H23NO3. The summed E-state index contributed by atoms with van der Waals surface area (Å²) in [5.74, 6) is 0.000655. The minimum atomic E-state index is -0.818.